The van der Waals surface area contributed by atoms with Gasteiger partial charge in [0.2, 0.25) is 0 Å². The van der Waals surface area contributed by atoms with Crippen LogP contribution in [-0.4, -0.2) is 21.4 Å². The molecule has 1 aromatic heterocycles. The van der Waals surface area contributed by atoms with Crippen LogP contribution in [0.25, 0.3) is 10.9 Å². The van der Waals surface area contributed by atoms with E-state index in [0.717, 1.165) is 0 Å². The molecule has 0 unspecified atom stereocenters. The highest BCUT2D eigenvalue weighted by atomic mass is 35.5. The van der Waals surface area contributed by atoms with Crippen molar-refractivity contribution in [2.24, 2.45) is 0 Å². The van der Waals surface area contributed by atoms with Crippen LogP contribution in [0.5, 0.6) is 0 Å². The van der Waals surface area contributed by atoms with E-state index in [1.807, 2.05) is 0 Å². The molecule has 0 saturated heterocycles. The molecule has 2 rings (SSSR count). The zero-order valence-corrected chi connectivity index (χ0v) is 10.7. The fourth-order valence-corrected chi connectivity index (χ4v) is 2.26. The number of pyridine rings is 1. The van der Waals surface area contributed by atoms with Gasteiger partial charge in [-0.25, -0.2) is 4.79 Å². The van der Waals surface area contributed by atoms with Gasteiger partial charge in [-0.15, -0.1) is 0 Å². The van der Waals surface area contributed by atoms with E-state index in [1.165, 1.54) is 11.4 Å². The zero-order valence-electron chi connectivity index (χ0n) is 8.36. The lowest BCUT2D eigenvalue weighted by Gasteiger charge is -2.04. The second-order valence-corrected chi connectivity index (χ2v) is 4.47. The predicted octanol–water partition coefficient (Wildman–Crippen LogP) is 3.60. The molecule has 0 fully saturated rings. The number of fused-ring (bicyclic) bond motifs is 1. The Kier molecular flexibility index (Phi) is 3.24. The number of rotatable bonds is 2. The van der Waals surface area contributed by atoms with Crippen molar-refractivity contribution in [3.63, 3.8) is 0 Å². The highest BCUT2D eigenvalue weighted by molar-refractivity contribution is 7.79. The Bertz CT molecular complexity index is 694. The van der Waals surface area contributed by atoms with E-state index < -0.39 is 5.97 Å². The maximum Gasteiger partial charge on any atom is 0.352 e. The van der Waals surface area contributed by atoms with Crippen molar-refractivity contribution < 1.29 is 9.90 Å². The van der Waals surface area contributed by atoms with Crippen LogP contribution in [0, 0.1) is 4.51 Å². The Morgan fingerprint density at radius 3 is 2.71 bits per heavy atom. The summed E-state index contributed by atoms with van der Waals surface area (Å²) in [5, 5.41) is 11.6. The third-order valence-electron chi connectivity index (χ3n) is 2.30. The average molecular weight is 284 g/mol. The lowest BCUT2D eigenvalue weighted by molar-refractivity contribution is 0.0691. The zero-order chi connectivity index (χ0) is 12.6. The molecule has 2 N–H and O–H groups in total. The topological polar surface area (TPSA) is 53.1 Å². The molecular formula is C11H6ClNO2S2. The number of aromatic nitrogens is 1. The van der Waals surface area contributed by atoms with Crippen LogP contribution in [0.2, 0.25) is 5.02 Å². The summed E-state index contributed by atoms with van der Waals surface area (Å²) in [6, 6.07) is 4.76. The normalized spacial score (nSPS) is 10.4. The molecular weight excluding hydrogens is 278 g/mol. The Morgan fingerprint density at radius 2 is 2.12 bits per heavy atom. The largest absolute Gasteiger partial charge is 0.477 e. The van der Waals surface area contributed by atoms with Crippen molar-refractivity contribution in [2.45, 2.75) is 0 Å². The Hall–Kier alpha value is -1.30. The van der Waals surface area contributed by atoms with Crippen LogP contribution < -0.4 is 0 Å². The molecule has 0 spiro atoms. The van der Waals surface area contributed by atoms with Crippen molar-refractivity contribution in [1.82, 2.24) is 4.98 Å². The molecule has 0 atom stereocenters. The fourth-order valence-electron chi connectivity index (χ4n) is 1.49. The first kappa shape index (κ1) is 12.2. The monoisotopic (exact) mass is 283 g/mol. The Morgan fingerprint density at radius 1 is 1.41 bits per heavy atom. The molecule has 0 aliphatic heterocycles. The number of hydrogen-bond acceptors (Lipinski definition) is 3. The fraction of sp³-hybridized carbons (Fsp3) is 0. The molecule has 17 heavy (non-hydrogen) atoms. The molecule has 0 saturated carbocycles. The summed E-state index contributed by atoms with van der Waals surface area (Å²) in [7, 11) is 0. The molecule has 0 bridgehead atoms. The molecule has 3 nitrogen and oxygen atoms in total. The van der Waals surface area contributed by atoms with E-state index in [0.29, 0.717) is 26.0 Å². The van der Waals surface area contributed by atoms with Crippen LogP contribution in [0.1, 0.15) is 16.1 Å². The predicted molar refractivity (Wildman–Crippen MR) is 73.9 cm³/mol. The Labute approximate surface area is 112 Å². The average Bonchev–Trinajstić information content (AvgIpc) is 2.29. The van der Waals surface area contributed by atoms with Gasteiger partial charge in [-0.3, -0.25) is 0 Å². The van der Waals surface area contributed by atoms with Gasteiger partial charge in [-0.1, -0.05) is 36.0 Å². The highest BCUT2D eigenvalue weighted by Crippen LogP contribution is 2.23. The van der Waals surface area contributed by atoms with Gasteiger partial charge in [0.15, 0.2) is 0 Å². The van der Waals surface area contributed by atoms with Gasteiger partial charge in [0, 0.05) is 31.4 Å². The summed E-state index contributed by atoms with van der Waals surface area (Å²) < 4.78 is 0.439. The number of carboxylic acid groups (broad SMARTS) is 1. The number of nitrogens with one attached hydrogen (secondary N) is 1. The summed E-state index contributed by atoms with van der Waals surface area (Å²) >= 11 is 15.9. The molecule has 0 amide bonds. The number of carbonyl (C=O) groups is 1. The lowest BCUT2D eigenvalue weighted by atomic mass is 10.1. The lowest BCUT2D eigenvalue weighted by Crippen LogP contribution is -2.00. The number of aromatic carboxylic acids is 1. The van der Waals surface area contributed by atoms with Crippen LogP contribution >= 0.6 is 36.0 Å². The number of halogens is 1. The minimum atomic E-state index is -1.06. The molecule has 86 valence electrons. The molecule has 6 heteroatoms. The molecule has 2 aromatic rings. The quantitative estimate of drug-likeness (QED) is 0.827. The molecule has 1 aromatic carbocycles. The molecule has 0 aliphatic carbocycles. The summed E-state index contributed by atoms with van der Waals surface area (Å²) in [6.45, 7) is 0. The van der Waals surface area contributed by atoms with E-state index in [4.69, 9.17) is 41.1 Å². The molecule has 0 aliphatic rings. The number of hydrogen-bond donors (Lipinski definition) is 2. The van der Waals surface area contributed by atoms with Crippen LogP contribution in [0.15, 0.2) is 18.2 Å². The van der Waals surface area contributed by atoms with Gasteiger partial charge in [0.25, 0.3) is 0 Å². The van der Waals surface area contributed by atoms with Gasteiger partial charge in [-0.2, -0.15) is 0 Å². The van der Waals surface area contributed by atoms with Gasteiger partial charge < -0.3 is 10.1 Å². The second kappa shape index (κ2) is 4.52. The van der Waals surface area contributed by atoms with E-state index in [-0.39, 0.29) is 5.69 Å². The smallest absolute Gasteiger partial charge is 0.352 e. The first-order valence-electron chi connectivity index (χ1n) is 4.58. The Balaban J connectivity index is 2.87. The number of carboxylic acids is 1. The number of benzene rings is 1. The summed E-state index contributed by atoms with van der Waals surface area (Å²) in [5.41, 5.74) is 1.30. The maximum absolute atomic E-state index is 10.9. The minimum Gasteiger partial charge on any atom is -0.477 e. The SMILES string of the molecule is O=C(O)c1cc(=S)c2cc(Cl)c(C=S)cc2[nH]1. The highest BCUT2D eigenvalue weighted by Gasteiger charge is 2.08. The van der Waals surface area contributed by atoms with Crippen molar-refractivity contribution in [2.75, 3.05) is 0 Å². The van der Waals surface area contributed by atoms with E-state index >= 15 is 0 Å². The van der Waals surface area contributed by atoms with Crippen LogP contribution in [0.3, 0.4) is 0 Å². The molecule has 0 radical (unpaired) electrons. The number of H-pyrrole nitrogens is 1. The van der Waals surface area contributed by atoms with Crippen molar-refractivity contribution in [3.8, 4) is 0 Å². The van der Waals surface area contributed by atoms with Gasteiger partial charge in [0.05, 0.1) is 0 Å². The standard InChI is InChI=1S/C11H6ClNO2S2/c12-7-2-6-8(1-5(7)4-16)13-9(11(14)15)3-10(6)17/h1-4H,(H,13,17)(H,14,15). The maximum atomic E-state index is 10.9. The van der Waals surface area contributed by atoms with Gasteiger partial charge in [-0.05, 0) is 18.2 Å². The summed E-state index contributed by atoms with van der Waals surface area (Å²) in [6.07, 6.45) is 0. The number of thiocarbonyl (C=S) groups is 1. The first-order valence-corrected chi connectivity index (χ1v) is 5.83. The van der Waals surface area contributed by atoms with Gasteiger partial charge in [0.1, 0.15) is 5.69 Å². The molecule has 1 heterocycles. The van der Waals surface area contributed by atoms with Gasteiger partial charge >= 0.3 is 5.97 Å². The van der Waals surface area contributed by atoms with E-state index in [9.17, 15) is 4.79 Å². The third kappa shape index (κ3) is 2.22. The summed E-state index contributed by atoms with van der Waals surface area (Å²) in [4.78, 5) is 13.7. The van der Waals surface area contributed by atoms with Crippen LogP contribution in [-0.2, 0) is 0 Å². The van der Waals surface area contributed by atoms with Crippen molar-refractivity contribution in [1.29, 1.82) is 0 Å². The van der Waals surface area contributed by atoms with Crippen molar-refractivity contribution in [3.05, 3.63) is 39.0 Å². The third-order valence-corrected chi connectivity index (χ3v) is 3.22. The van der Waals surface area contributed by atoms with E-state index in [1.54, 1.807) is 12.1 Å². The van der Waals surface area contributed by atoms with Crippen LogP contribution in [0.4, 0.5) is 0 Å². The van der Waals surface area contributed by atoms with E-state index in [2.05, 4.69) is 4.98 Å². The van der Waals surface area contributed by atoms with Crippen molar-refractivity contribution >= 4 is 58.3 Å². The second-order valence-electron chi connectivity index (χ2n) is 3.39. The minimum absolute atomic E-state index is 0.0418. The first-order chi connectivity index (χ1) is 8.02. The summed E-state index contributed by atoms with van der Waals surface area (Å²) in [5.74, 6) is -1.06. The number of aromatic amines is 1.